The topological polar surface area (TPSA) is 21.7 Å². The van der Waals surface area contributed by atoms with E-state index in [0.29, 0.717) is 11.8 Å². The number of hydrogen-bond donors (Lipinski definition) is 0. The van der Waals surface area contributed by atoms with E-state index in [9.17, 15) is 0 Å². The standard InChI is InChI=1S/C13H27NO2/c1-9-11(15-7)10(2)13(5,6)14(16-8)12(9,3)4/h9-11H,1-8H3. The molecule has 3 heteroatoms. The van der Waals surface area contributed by atoms with Gasteiger partial charge in [-0.15, -0.1) is 0 Å². The second-order valence-corrected chi connectivity index (χ2v) is 6.06. The van der Waals surface area contributed by atoms with E-state index in [1.807, 2.05) is 7.11 Å². The molecule has 1 aliphatic rings. The molecule has 0 aromatic heterocycles. The number of nitrogens with zero attached hydrogens (tertiary/aromatic N) is 1. The van der Waals surface area contributed by atoms with Crippen LogP contribution in [0.2, 0.25) is 0 Å². The zero-order valence-electron chi connectivity index (χ0n) is 12.0. The van der Waals surface area contributed by atoms with Gasteiger partial charge in [0, 0.05) is 30.0 Å². The highest BCUT2D eigenvalue weighted by Crippen LogP contribution is 2.46. The summed E-state index contributed by atoms with van der Waals surface area (Å²) in [5.74, 6) is 0.862. The summed E-state index contributed by atoms with van der Waals surface area (Å²) < 4.78 is 5.70. The molecule has 1 saturated heterocycles. The van der Waals surface area contributed by atoms with Gasteiger partial charge in [0.05, 0.1) is 13.2 Å². The number of hydrogen-bond acceptors (Lipinski definition) is 3. The Morgan fingerprint density at radius 1 is 0.875 bits per heavy atom. The van der Waals surface area contributed by atoms with Crippen molar-refractivity contribution in [2.45, 2.75) is 58.7 Å². The lowest BCUT2D eigenvalue weighted by molar-refractivity contribution is -0.312. The quantitative estimate of drug-likeness (QED) is 0.726. The Balaban J connectivity index is 3.15. The van der Waals surface area contributed by atoms with Crippen molar-refractivity contribution in [2.75, 3.05) is 14.2 Å². The van der Waals surface area contributed by atoms with Crippen LogP contribution in [-0.2, 0) is 9.57 Å². The molecule has 1 heterocycles. The minimum Gasteiger partial charge on any atom is -0.381 e. The Bertz CT molecular complexity index is 228. The molecule has 0 bridgehead atoms. The number of methoxy groups -OCH3 is 1. The van der Waals surface area contributed by atoms with Crippen LogP contribution in [0.3, 0.4) is 0 Å². The first-order valence-electron chi connectivity index (χ1n) is 6.08. The number of hydroxylamine groups is 2. The van der Waals surface area contributed by atoms with E-state index >= 15 is 0 Å². The fraction of sp³-hybridized carbons (Fsp3) is 1.00. The summed E-state index contributed by atoms with van der Waals surface area (Å²) in [5.41, 5.74) is -0.0448. The Kier molecular flexibility index (Phi) is 3.73. The Morgan fingerprint density at radius 3 is 1.50 bits per heavy atom. The maximum atomic E-state index is 5.70. The minimum absolute atomic E-state index is 0.0224. The average molecular weight is 229 g/mol. The van der Waals surface area contributed by atoms with Gasteiger partial charge in [-0.2, -0.15) is 5.06 Å². The second-order valence-electron chi connectivity index (χ2n) is 6.06. The molecule has 0 spiro atoms. The van der Waals surface area contributed by atoms with Gasteiger partial charge in [-0.1, -0.05) is 13.8 Å². The Labute approximate surface area is 100 Å². The van der Waals surface area contributed by atoms with Gasteiger partial charge in [0.2, 0.25) is 0 Å². The van der Waals surface area contributed by atoms with Gasteiger partial charge in [0.15, 0.2) is 0 Å². The largest absolute Gasteiger partial charge is 0.381 e. The van der Waals surface area contributed by atoms with Gasteiger partial charge >= 0.3 is 0 Å². The molecule has 0 amide bonds. The molecule has 1 fully saturated rings. The van der Waals surface area contributed by atoms with Crippen LogP contribution < -0.4 is 0 Å². The molecule has 0 radical (unpaired) electrons. The van der Waals surface area contributed by atoms with Gasteiger partial charge in [-0.25, -0.2) is 0 Å². The molecule has 96 valence electrons. The van der Waals surface area contributed by atoms with E-state index in [0.717, 1.165) is 0 Å². The first-order chi connectivity index (χ1) is 7.21. The summed E-state index contributed by atoms with van der Waals surface area (Å²) in [4.78, 5) is 5.63. The first kappa shape index (κ1) is 13.9. The summed E-state index contributed by atoms with van der Waals surface area (Å²) >= 11 is 0. The van der Waals surface area contributed by atoms with Gasteiger partial charge in [-0.05, 0) is 27.7 Å². The molecule has 2 unspecified atom stereocenters. The molecule has 0 saturated carbocycles. The lowest BCUT2D eigenvalue weighted by Gasteiger charge is -2.59. The van der Waals surface area contributed by atoms with E-state index < -0.39 is 0 Å². The van der Waals surface area contributed by atoms with E-state index in [2.05, 4.69) is 46.6 Å². The van der Waals surface area contributed by atoms with Gasteiger partial charge in [-0.3, -0.25) is 0 Å². The highest BCUT2D eigenvalue weighted by molar-refractivity contribution is 5.04. The fourth-order valence-corrected chi connectivity index (χ4v) is 3.23. The van der Waals surface area contributed by atoms with E-state index in [-0.39, 0.29) is 17.2 Å². The molecule has 1 rings (SSSR count). The molecule has 0 N–H and O–H groups in total. The Hall–Kier alpha value is -0.120. The molecule has 0 aromatic carbocycles. The third-order valence-electron chi connectivity index (χ3n) is 4.72. The van der Waals surface area contributed by atoms with Crippen LogP contribution in [0.15, 0.2) is 0 Å². The van der Waals surface area contributed by atoms with Crippen LogP contribution in [0.5, 0.6) is 0 Å². The summed E-state index contributed by atoms with van der Waals surface area (Å²) in [6.45, 7) is 13.4. The monoisotopic (exact) mass is 229 g/mol. The predicted molar refractivity (Wildman–Crippen MR) is 66.1 cm³/mol. The fourth-order valence-electron chi connectivity index (χ4n) is 3.23. The maximum Gasteiger partial charge on any atom is 0.0659 e. The second kappa shape index (κ2) is 4.28. The smallest absolute Gasteiger partial charge is 0.0659 e. The molecule has 3 nitrogen and oxygen atoms in total. The third kappa shape index (κ3) is 1.79. The van der Waals surface area contributed by atoms with Crippen molar-refractivity contribution in [3.05, 3.63) is 0 Å². The van der Waals surface area contributed by atoms with Crippen LogP contribution in [0, 0.1) is 11.8 Å². The third-order valence-corrected chi connectivity index (χ3v) is 4.72. The van der Waals surface area contributed by atoms with Crippen molar-refractivity contribution < 1.29 is 9.57 Å². The highest BCUT2D eigenvalue weighted by Gasteiger charge is 2.54. The molecule has 16 heavy (non-hydrogen) atoms. The van der Waals surface area contributed by atoms with Gasteiger partial charge in [0.1, 0.15) is 0 Å². The number of ether oxygens (including phenoxy) is 1. The molecule has 0 aromatic rings. The van der Waals surface area contributed by atoms with Crippen molar-refractivity contribution in [3.8, 4) is 0 Å². The molecule has 1 aliphatic heterocycles. The zero-order chi connectivity index (χ0) is 12.7. The van der Waals surface area contributed by atoms with Crippen LogP contribution in [0.25, 0.3) is 0 Å². The van der Waals surface area contributed by atoms with Crippen molar-refractivity contribution in [1.29, 1.82) is 0 Å². The zero-order valence-corrected chi connectivity index (χ0v) is 12.0. The molecule has 0 aliphatic carbocycles. The van der Waals surface area contributed by atoms with Crippen molar-refractivity contribution >= 4 is 0 Å². The number of rotatable bonds is 2. The summed E-state index contributed by atoms with van der Waals surface area (Å²) in [7, 11) is 3.57. The van der Waals surface area contributed by atoms with Crippen molar-refractivity contribution in [1.82, 2.24) is 5.06 Å². The van der Waals surface area contributed by atoms with Crippen LogP contribution in [-0.4, -0.2) is 36.5 Å². The lowest BCUT2D eigenvalue weighted by Crippen LogP contribution is -2.69. The summed E-state index contributed by atoms with van der Waals surface area (Å²) in [6.07, 6.45) is 0.274. The summed E-state index contributed by atoms with van der Waals surface area (Å²) in [5, 5.41) is 2.13. The van der Waals surface area contributed by atoms with Gasteiger partial charge in [0.25, 0.3) is 0 Å². The van der Waals surface area contributed by atoms with Crippen molar-refractivity contribution in [2.24, 2.45) is 11.8 Å². The van der Waals surface area contributed by atoms with Crippen molar-refractivity contribution in [3.63, 3.8) is 0 Å². The minimum atomic E-state index is -0.0224. The molecule has 2 atom stereocenters. The lowest BCUT2D eigenvalue weighted by atomic mass is 9.67. The van der Waals surface area contributed by atoms with Crippen LogP contribution in [0.4, 0.5) is 0 Å². The van der Waals surface area contributed by atoms with Crippen LogP contribution in [0.1, 0.15) is 41.5 Å². The maximum absolute atomic E-state index is 5.70. The predicted octanol–water partition coefficient (Wildman–Crippen LogP) is 2.71. The highest BCUT2D eigenvalue weighted by atomic mass is 16.7. The van der Waals surface area contributed by atoms with E-state index in [1.165, 1.54) is 0 Å². The average Bonchev–Trinajstić information content (AvgIpc) is 2.16. The van der Waals surface area contributed by atoms with E-state index in [1.54, 1.807) is 7.11 Å². The summed E-state index contributed by atoms with van der Waals surface area (Å²) in [6, 6.07) is 0. The Morgan fingerprint density at radius 2 is 1.25 bits per heavy atom. The first-order valence-corrected chi connectivity index (χ1v) is 6.08. The van der Waals surface area contributed by atoms with E-state index in [4.69, 9.17) is 9.57 Å². The van der Waals surface area contributed by atoms with Gasteiger partial charge < -0.3 is 9.57 Å². The normalized spacial score (nSPS) is 38.6. The SMILES string of the molecule is COC1C(C)C(C)(C)N(OC)C(C)(C)C1C. The number of piperidine rings is 1. The van der Waals surface area contributed by atoms with Crippen LogP contribution >= 0.6 is 0 Å². The molecular formula is C13H27NO2. The molecular weight excluding hydrogens is 202 g/mol.